The lowest BCUT2D eigenvalue weighted by Gasteiger charge is -2.31. The number of rotatable bonds is 8. The molecule has 2 N–H and O–H groups in total. The fourth-order valence-corrected chi connectivity index (χ4v) is 5.96. The molecule has 0 fully saturated rings. The van der Waals surface area contributed by atoms with Crippen molar-refractivity contribution in [2.24, 2.45) is 0 Å². The highest BCUT2D eigenvalue weighted by Gasteiger charge is 2.32. The van der Waals surface area contributed by atoms with Gasteiger partial charge in [0.1, 0.15) is 6.04 Å². The second kappa shape index (κ2) is 11.4. The summed E-state index contributed by atoms with van der Waals surface area (Å²) in [5, 5.41) is 6.89. The van der Waals surface area contributed by atoms with E-state index in [9.17, 15) is 18.0 Å². The highest BCUT2D eigenvalue weighted by atomic mass is 32.2. The number of nitrogens with zero attached hydrogens (tertiary/aromatic N) is 1. The van der Waals surface area contributed by atoms with E-state index < -0.39 is 27.5 Å². The van der Waals surface area contributed by atoms with Crippen LogP contribution in [-0.2, 0) is 21.2 Å². The molecule has 2 amide bonds. The number of amides is 2. The molecule has 7 nitrogen and oxygen atoms in total. The summed E-state index contributed by atoms with van der Waals surface area (Å²) in [7, 11) is -2.25. The Morgan fingerprint density at radius 3 is 2.03 bits per heavy atom. The van der Waals surface area contributed by atoms with Crippen molar-refractivity contribution < 1.29 is 18.0 Å². The number of anilines is 1. The molecule has 0 aliphatic rings. The minimum absolute atomic E-state index is 0.159. The van der Waals surface area contributed by atoms with E-state index in [1.807, 2.05) is 57.2 Å². The van der Waals surface area contributed by atoms with Gasteiger partial charge in [0, 0.05) is 41.0 Å². The lowest BCUT2D eigenvalue weighted by atomic mass is 10.0. The van der Waals surface area contributed by atoms with Crippen molar-refractivity contribution in [1.29, 1.82) is 0 Å². The molecule has 4 aromatic carbocycles. The van der Waals surface area contributed by atoms with E-state index in [1.54, 1.807) is 67.7 Å². The van der Waals surface area contributed by atoms with Crippen molar-refractivity contribution in [1.82, 2.24) is 9.62 Å². The van der Waals surface area contributed by atoms with Crippen molar-refractivity contribution >= 4 is 38.3 Å². The first-order chi connectivity index (χ1) is 18.5. The molecule has 0 spiro atoms. The van der Waals surface area contributed by atoms with E-state index in [4.69, 9.17) is 0 Å². The predicted octanol–water partition coefficient (Wildman–Crippen LogP) is 5.24. The maximum Gasteiger partial charge on any atom is 0.251 e. The number of hydrogen-bond donors (Lipinski definition) is 2. The third-order valence-electron chi connectivity index (χ3n) is 6.66. The maximum absolute atomic E-state index is 13.6. The number of carbonyl (C=O) groups excluding carboxylic acids is 2. The first-order valence-electron chi connectivity index (χ1n) is 12.7. The van der Waals surface area contributed by atoms with Crippen molar-refractivity contribution in [2.45, 2.75) is 43.7 Å². The quantitative estimate of drug-likeness (QED) is 0.318. The molecule has 0 aliphatic carbocycles. The van der Waals surface area contributed by atoms with Crippen molar-refractivity contribution in [3.05, 3.63) is 108 Å². The van der Waals surface area contributed by atoms with Gasteiger partial charge in [-0.25, -0.2) is 8.42 Å². The number of hydrogen-bond acceptors (Lipinski definition) is 4. The van der Waals surface area contributed by atoms with E-state index >= 15 is 0 Å². The largest absolute Gasteiger partial charge is 0.340 e. The van der Waals surface area contributed by atoms with Crippen LogP contribution in [0.4, 0.5) is 5.69 Å². The van der Waals surface area contributed by atoms with Gasteiger partial charge in [-0.2, -0.15) is 4.31 Å². The van der Waals surface area contributed by atoms with E-state index in [-0.39, 0.29) is 17.2 Å². The minimum Gasteiger partial charge on any atom is -0.340 e. The summed E-state index contributed by atoms with van der Waals surface area (Å²) in [5.74, 6) is -0.765. The molecular weight excluding hydrogens is 510 g/mol. The molecule has 4 rings (SSSR count). The van der Waals surface area contributed by atoms with Crippen LogP contribution in [0, 0.1) is 0 Å². The summed E-state index contributed by atoms with van der Waals surface area (Å²) in [4.78, 5) is 26.7. The molecule has 39 heavy (non-hydrogen) atoms. The average Bonchev–Trinajstić information content (AvgIpc) is 2.92. The monoisotopic (exact) mass is 543 g/mol. The second-order valence-corrected chi connectivity index (χ2v) is 12.3. The lowest BCUT2D eigenvalue weighted by Crippen LogP contribution is -2.45. The topological polar surface area (TPSA) is 95.6 Å². The third kappa shape index (κ3) is 6.35. The van der Waals surface area contributed by atoms with E-state index in [2.05, 4.69) is 10.6 Å². The summed E-state index contributed by atoms with van der Waals surface area (Å²) < 4.78 is 28.3. The Hall–Kier alpha value is -4.01. The molecule has 0 saturated heterocycles. The van der Waals surface area contributed by atoms with Crippen molar-refractivity contribution in [3.8, 4) is 0 Å². The van der Waals surface area contributed by atoms with Gasteiger partial charge in [0.05, 0.1) is 4.90 Å². The van der Waals surface area contributed by atoms with Crippen molar-refractivity contribution in [2.75, 3.05) is 12.4 Å². The van der Waals surface area contributed by atoms with Crippen LogP contribution in [0.25, 0.3) is 10.8 Å². The first kappa shape index (κ1) is 28.0. The van der Waals surface area contributed by atoms with E-state index in [0.29, 0.717) is 22.0 Å². The summed E-state index contributed by atoms with van der Waals surface area (Å²) in [6, 6.07) is 27.5. The number of benzene rings is 4. The van der Waals surface area contributed by atoms with Crippen LogP contribution < -0.4 is 10.6 Å². The first-order valence-corrected chi connectivity index (χ1v) is 14.1. The van der Waals surface area contributed by atoms with Gasteiger partial charge in [-0.1, -0.05) is 72.8 Å². The Kier molecular flexibility index (Phi) is 8.18. The number of fused-ring (bicyclic) bond motifs is 1. The average molecular weight is 544 g/mol. The van der Waals surface area contributed by atoms with Crippen molar-refractivity contribution in [3.63, 3.8) is 0 Å². The van der Waals surface area contributed by atoms with Crippen LogP contribution in [-0.4, -0.2) is 43.2 Å². The van der Waals surface area contributed by atoms with Gasteiger partial charge in [-0.3, -0.25) is 9.59 Å². The van der Waals surface area contributed by atoms with E-state index in [0.717, 1.165) is 5.56 Å². The Bertz CT molecular complexity index is 1580. The standard InChI is InChI=1S/C31H33N3O4S/c1-31(2,3)34(4)39(37,38)28-20-12-17-24-25(28)18-11-19-26(24)32-30(36)27(21-22-13-7-5-8-14-22)33-29(35)23-15-9-6-10-16-23/h5-20,27H,21H2,1-4H3,(H,32,36)(H,33,35). The van der Waals surface area contributed by atoms with Gasteiger partial charge in [0.15, 0.2) is 0 Å². The Morgan fingerprint density at radius 2 is 1.38 bits per heavy atom. The third-order valence-corrected chi connectivity index (χ3v) is 8.84. The van der Waals surface area contributed by atoms with Crippen LogP contribution in [0.1, 0.15) is 36.7 Å². The lowest BCUT2D eigenvalue weighted by molar-refractivity contribution is -0.118. The second-order valence-electron chi connectivity index (χ2n) is 10.4. The summed E-state index contributed by atoms with van der Waals surface area (Å²) in [6.07, 6.45) is 0.284. The minimum atomic E-state index is -3.81. The molecule has 1 atom stereocenters. The van der Waals surface area contributed by atoms with E-state index in [1.165, 1.54) is 4.31 Å². The predicted molar refractivity (Wildman–Crippen MR) is 155 cm³/mol. The molecule has 0 radical (unpaired) electrons. The molecule has 0 heterocycles. The normalized spacial score (nSPS) is 12.7. The molecule has 8 heteroatoms. The zero-order valence-electron chi connectivity index (χ0n) is 22.5. The molecule has 0 saturated carbocycles. The smallest absolute Gasteiger partial charge is 0.251 e. The highest BCUT2D eigenvalue weighted by Crippen LogP contribution is 2.32. The van der Waals surface area contributed by atoms with Gasteiger partial charge >= 0.3 is 0 Å². The zero-order valence-corrected chi connectivity index (χ0v) is 23.3. The Labute approximate surface area is 229 Å². The van der Waals surface area contributed by atoms with Gasteiger partial charge in [-0.15, -0.1) is 0 Å². The van der Waals surface area contributed by atoms with Gasteiger partial charge < -0.3 is 10.6 Å². The molecule has 4 aromatic rings. The Balaban J connectivity index is 1.68. The zero-order chi connectivity index (χ0) is 28.2. The number of nitrogens with one attached hydrogen (secondary N) is 2. The van der Waals surface area contributed by atoms with Gasteiger partial charge in [-0.05, 0) is 50.6 Å². The molecular formula is C31H33N3O4S. The van der Waals surface area contributed by atoms with Crippen LogP contribution in [0.15, 0.2) is 102 Å². The molecule has 1 unspecified atom stereocenters. The molecule has 0 bridgehead atoms. The fourth-order valence-electron chi connectivity index (χ4n) is 4.23. The maximum atomic E-state index is 13.6. The number of carbonyl (C=O) groups is 2. The van der Waals surface area contributed by atoms with Crippen LogP contribution in [0.3, 0.4) is 0 Å². The van der Waals surface area contributed by atoms with Crippen LogP contribution in [0.2, 0.25) is 0 Å². The fraction of sp³-hybridized carbons (Fsp3) is 0.226. The highest BCUT2D eigenvalue weighted by molar-refractivity contribution is 7.89. The Morgan fingerprint density at radius 1 is 0.795 bits per heavy atom. The van der Waals surface area contributed by atoms with Gasteiger partial charge in [0.25, 0.3) is 5.91 Å². The van der Waals surface area contributed by atoms with Crippen LogP contribution >= 0.6 is 0 Å². The molecule has 202 valence electrons. The summed E-state index contributed by atoms with van der Waals surface area (Å²) in [6.45, 7) is 5.49. The molecule has 0 aromatic heterocycles. The summed E-state index contributed by atoms with van der Waals surface area (Å²) >= 11 is 0. The SMILES string of the molecule is CN(C(C)(C)C)S(=O)(=O)c1cccc2c(NC(=O)C(Cc3ccccc3)NC(=O)c3ccccc3)cccc12. The molecule has 0 aliphatic heterocycles. The van der Waals surface area contributed by atoms with Crippen LogP contribution in [0.5, 0.6) is 0 Å². The summed E-state index contributed by atoms with van der Waals surface area (Å²) in [5.41, 5.74) is 1.18. The van der Waals surface area contributed by atoms with Gasteiger partial charge in [0.2, 0.25) is 15.9 Å². The number of sulfonamides is 1.